The van der Waals surface area contributed by atoms with Crippen LogP contribution in [0.15, 0.2) is 11.6 Å². The number of carbonyl (C=O) groups is 2. The van der Waals surface area contributed by atoms with Crippen LogP contribution in [0.3, 0.4) is 0 Å². The molecule has 130 valence electrons. The SMILES string of the molecule is CC(C)(C)C(=O)N1CCC(C(=O)NCCC2=CCCCC2)CC1. The number of likely N-dealkylation sites (tertiary alicyclic amines) is 1. The summed E-state index contributed by atoms with van der Waals surface area (Å²) < 4.78 is 0. The van der Waals surface area contributed by atoms with Gasteiger partial charge in [0.15, 0.2) is 0 Å². The molecule has 4 nitrogen and oxygen atoms in total. The van der Waals surface area contributed by atoms with Crippen LogP contribution in [-0.4, -0.2) is 36.3 Å². The van der Waals surface area contributed by atoms with Crippen LogP contribution in [0, 0.1) is 11.3 Å². The highest BCUT2D eigenvalue weighted by molar-refractivity contribution is 5.82. The fourth-order valence-corrected chi connectivity index (χ4v) is 3.44. The average Bonchev–Trinajstić information content (AvgIpc) is 2.54. The third-order valence-corrected chi connectivity index (χ3v) is 4.92. The monoisotopic (exact) mass is 320 g/mol. The number of carbonyl (C=O) groups excluding carboxylic acids is 2. The van der Waals surface area contributed by atoms with Gasteiger partial charge in [-0.1, -0.05) is 32.4 Å². The van der Waals surface area contributed by atoms with Crippen LogP contribution in [0.4, 0.5) is 0 Å². The molecule has 0 aromatic rings. The van der Waals surface area contributed by atoms with Crippen molar-refractivity contribution in [3.8, 4) is 0 Å². The maximum atomic E-state index is 12.3. The Kier molecular flexibility index (Phi) is 6.25. The van der Waals surface area contributed by atoms with E-state index in [9.17, 15) is 9.59 Å². The van der Waals surface area contributed by atoms with Crippen molar-refractivity contribution in [1.29, 1.82) is 0 Å². The number of allylic oxidation sites excluding steroid dienone is 1. The van der Waals surface area contributed by atoms with Crippen LogP contribution >= 0.6 is 0 Å². The Morgan fingerprint density at radius 3 is 2.48 bits per heavy atom. The molecular formula is C19H32N2O2. The molecule has 23 heavy (non-hydrogen) atoms. The van der Waals surface area contributed by atoms with E-state index in [1.165, 1.54) is 31.3 Å². The summed E-state index contributed by atoms with van der Waals surface area (Å²) in [5.41, 5.74) is 1.17. The number of hydrogen-bond acceptors (Lipinski definition) is 2. The average molecular weight is 320 g/mol. The predicted octanol–water partition coefficient (Wildman–Crippen LogP) is 3.28. The zero-order valence-electron chi connectivity index (χ0n) is 15.0. The Morgan fingerprint density at radius 1 is 1.22 bits per heavy atom. The number of nitrogens with zero attached hydrogens (tertiary/aromatic N) is 1. The first-order valence-corrected chi connectivity index (χ1v) is 9.13. The van der Waals surface area contributed by atoms with Gasteiger partial charge in [-0.3, -0.25) is 9.59 Å². The summed E-state index contributed by atoms with van der Waals surface area (Å²) in [5, 5.41) is 3.09. The van der Waals surface area contributed by atoms with Gasteiger partial charge in [-0.15, -0.1) is 0 Å². The highest BCUT2D eigenvalue weighted by Gasteiger charge is 2.32. The van der Waals surface area contributed by atoms with Crippen molar-refractivity contribution in [1.82, 2.24) is 10.2 Å². The van der Waals surface area contributed by atoms with Crippen molar-refractivity contribution in [2.24, 2.45) is 11.3 Å². The van der Waals surface area contributed by atoms with Crippen molar-refractivity contribution in [3.63, 3.8) is 0 Å². The van der Waals surface area contributed by atoms with E-state index in [4.69, 9.17) is 0 Å². The molecule has 2 aliphatic rings. The molecule has 1 aliphatic carbocycles. The van der Waals surface area contributed by atoms with Crippen LogP contribution in [0.2, 0.25) is 0 Å². The molecule has 1 saturated heterocycles. The highest BCUT2D eigenvalue weighted by atomic mass is 16.2. The summed E-state index contributed by atoms with van der Waals surface area (Å²) in [6.07, 6.45) is 9.90. The Labute approximate surface area is 140 Å². The van der Waals surface area contributed by atoms with Crippen LogP contribution < -0.4 is 5.32 Å². The summed E-state index contributed by atoms with van der Waals surface area (Å²) in [4.78, 5) is 26.5. The zero-order valence-corrected chi connectivity index (χ0v) is 15.0. The first-order chi connectivity index (χ1) is 10.9. The summed E-state index contributed by atoms with van der Waals surface area (Å²) >= 11 is 0. The molecule has 4 heteroatoms. The van der Waals surface area contributed by atoms with E-state index in [1.54, 1.807) is 0 Å². The molecule has 0 radical (unpaired) electrons. The van der Waals surface area contributed by atoms with Crippen molar-refractivity contribution < 1.29 is 9.59 Å². The molecule has 0 spiro atoms. The number of hydrogen-bond donors (Lipinski definition) is 1. The van der Waals surface area contributed by atoms with Gasteiger partial charge in [0.2, 0.25) is 11.8 Å². The van der Waals surface area contributed by atoms with Crippen LogP contribution in [-0.2, 0) is 9.59 Å². The fourth-order valence-electron chi connectivity index (χ4n) is 3.44. The van der Waals surface area contributed by atoms with Gasteiger partial charge >= 0.3 is 0 Å². The lowest BCUT2D eigenvalue weighted by Gasteiger charge is -2.35. The Morgan fingerprint density at radius 2 is 1.91 bits per heavy atom. The Hall–Kier alpha value is -1.32. The molecular weight excluding hydrogens is 288 g/mol. The lowest BCUT2D eigenvalue weighted by Crippen LogP contribution is -2.46. The van der Waals surface area contributed by atoms with Gasteiger partial charge in [0.25, 0.3) is 0 Å². The molecule has 0 unspecified atom stereocenters. The van der Waals surface area contributed by atoms with E-state index in [0.717, 1.165) is 25.8 Å². The molecule has 1 aliphatic heterocycles. The van der Waals surface area contributed by atoms with E-state index in [-0.39, 0.29) is 23.1 Å². The van der Waals surface area contributed by atoms with E-state index >= 15 is 0 Å². The van der Waals surface area contributed by atoms with E-state index in [1.807, 2.05) is 25.7 Å². The minimum Gasteiger partial charge on any atom is -0.356 e. The third-order valence-electron chi connectivity index (χ3n) is 4.92. The lowest BCUT2D eigenvalue weighted by molar-refractivity contribution is -0.142. The van der Waals surface area contributed by atoms with Crippen LogP contribution in [0.1, 0.15) is 65.7 Å². The molecule has 0 bridgehead atoms. The third kappa shape index (κ3) is 5.36. The lowest BCUT2D eigenvalue weighted by atomic mass is 9.90. The number of rotatable bonds is 4. The number of piperidine rings is 1. The van der Waals surface area contributed by atoms with E-state index < -0.39 is 0 Å². The number of nitrogens with one attached hydrogen (secondary N) is 1. The maximum absolute atomic E-state index is 12.3. The summed E-state index contributed by atoms with van der Waals surface area (Å²) in [5.74, 6) is 0.434. The first kappa shape index (κ1) is 18.0. The minimum atomic E-state index is -0.331. The summed E-state index contributed by atoms with van der Waals surface area (Å²) in [7, 11) is 0. The van der Waals surface area contributed by atoms with Gasteiger partial charge in [0.05, 0.1) is 0 Å². The minimum absolute atomic E-state index is 0.0688. The molecule has 2 rings (SSSR count). The fraction of sp³-hybridized carbons (Fsp3) is 0.789. The molecule has 1 N–H and O–H groups in total. The summed E-state index contributed by atoms with van der Waals surface area (Å²) in [6, 6.07) is 0. The maximum Gasteiger partial charge on any atom is 0.227 e. The number of amides is 2. The molecule has 0 aromatic heterocycles. The summed E-state index contributed by atoms with van der Waals surface area (Å²) in [6.45, 7) is 8.03. The van der Waals surface area contributed by atoms with Gasteiger partial charge in [0.1, 0.15) is 0 Å². The van der Waals surface area contributed by atoms with Gasteiger partial charge in [-0.25, -0.2) is 0 Å². The second-order valence-electron chi connectivity index (χ2n) is 7.97. The molecule has 1 fully saturated rings. The molecule has 0 atom stereocenters. The molecule has 2 amide bonds. The van der Waals surface area contributed by atoms with Gasteiger partial charge in [-0.2, -0.15) is 0 Å². The Balaban J connectivity index is 1.69. The van der Waals surface area contributed by atoms with Crippen molar-refractivity contribution in [2.75, 3.05) is 19.6 Å². The van der Waals surface area contributed by atoms with Crippen LogP contribution in [0.5, 0.6) is 0 Å². The quantitative estimate of drug-likeness (QED) is 0.808. The topological polar surface area (TPSA) is 49.4 Å². The predicted molar refractivity (Wildman–Crippen MR) is 92.9 cm³/mol. The van der Waals surface area contributed by atoms with Crippen molar-refractivity contribution >= 4 is 11.8 Å². The smallest absolute Gasteiger partial charge is 0.227 e. The van der Waals surface area contributed by atoms with E-state index in [0.29, 0.717) is 13.1 Å². The van der Waals surface area contributed by atoms with Crippen molar-refractivity contribution in [3.05, 3.63) is 11.6 Å². The van der Waals surface area contributed by atoms with Crippen molar-refractivity contribution in [2.45, 2.75) is 65.7 Å². The zero-order chi connectivity index (χ0) is 16.9. The molecule has 0 saturated carbocycles. The Bertz CT molecular complexity index is 454. The van der Waals surface area contributed by atoms with E-state index in [2.05, 4.69) is 11.4 Å². The highest BCUT2D eigenvalue weighted by Crippen LogP contribution is 2.24. The normalized spacial score (nSPS) is 20.1. The second kappa shape index (κ2) is 7.98. The standard InChI is InChI=1S/C19H32N2O2/c1-19(2,3)18(23)21-13-10-16(11-14-21)17(22)20-12-9-15-7-5-4-6-8-15/h7,16H,4-6,8-14H2,1-3H3,(H,20,22). The van der Waals surface area contributed by atoms with Crippen LogP contribution in [0.25, 0.3) is 0 Å². The van der Waals surface area contributed by atoms with Gasteiger partial charge in [-0.05, 0) is 44.9 Å². The first-order valence-electron chi connectivity index (χ1n) is 9.13. The largest absolute Gasteiger partial charge is 0.356 e. The van der Waals surface area contributed by atoms with Gasteiger partial charge < -0.3 is 10.2 Å². The second-order valence-corrected chi connectivity index (χ2v) is 7.97. The molecule has 0 aromatic carbocycles. The van der Waals surface area contributed by atoms with Gasteiger partial charge in [0, 0.05) is 31.0 Å². The molecule has 1 heterocycles.